The molecular formula is C23H25N3O2. The molecule has 4 rings (SSSR count). The molecule has 28 heavy (non-hydrogen) atoms. The molecule has 1 amide bonds. The number of para-hydroxylation sites is 2. The minimum absolute atomic E-state index is 0.00118. The highest BCUT2D eigenvalue weighted by molar-refractivity contribution is 5.79. The van der Waals surface area contributed by atoms with Crippen LogP contribution in [0, 0.1) is 13.8 Å². The lowest BCUT2D eigenvalue weighted by Crippen LogP contribution is -2.38. The molecule has 0 spiro atoms. The number of amides is 1. The van der Waals surface area contributed by atoms with E-state index < -0.39 is 0 Å². The van der Waals surface area contributed by atoms with Crippen LogP contribution in [0.4, 0.5) is 0 Å². The summed E-state index contributed by atoms with van der Waals surface area (Å²) in [5.41, 5.74) is 5.12. The molecular weight excluding hydrogens is 350 g/mol. The van der Waals surface area contributed by atoms with Crippen LogP contribution in [0.5, 0.6) is 5.75 Å². The number of aryl methyl sites for hydroxylation is 2. The van der Waals surface area contributed by atoms with Gasteiger partial charge in [-0.2, -0.15) is 5.10 Å². The molecule has 0 radical (unpaired) electrons. The van der Waals surface area contributed by atoms with Gasteiger partial charge in [-0.05, 0) is 50.5 Å². The van der Waals surface area contributed by atoms with Crippen molar-refractivity contribution in [1.82, 2.24) is 15.1 Å². The van der Waals surface area contributed by atoms with E-state index in [-0.39, 0.29) is 12.0 Å². The second-order valence-corrected chi connectivity index (χ2v) is 7.26. The van der Waals surface area contributed by atoms with Gasteiger partial charge < -0.3 is 10.1 Å². The maximum Gasteiger partial charge on any atom is 0.224 e. The van der Waals surface area contributed by atoms with Crippen molar-refractivity contribution < 1.29 is 9.53 Å². The number of hydrogen-bond acceptors (Lipinski definition) is 3. The number of carbonyl (C=O) groups excluding carboxylic acids is 1. The van der Waals surface area contributed by atoms with Crippen molar-refractivity contribution in [3.8, 4) is 11.4 Å². The van der Waals surface area contributed by atoms with Crippen molar-refractivity contribution in [2.24, 2.45) is 0 Å². The van der Waals surface area contributed by atoms with E-state index in [0.29, 0.717) is 13.0 Å². The standard InChI is InChI=1S/C23H25N3O2/c1-16-21(17(2)26(25-16)19-9-4-3-5-10-19)14-23(27)24-15-20-13-12-18-8-6-7-11-22(18)28-20/h3-11,20H,12-15H2,1-2H3,(H,24,27). The molecule has 2 heterocycles. The zero-order valence-corrected chi connectivity index (χ0v) is 16.3. The highest BCUT2D eigenvalue weighted by Crippen LogP contribution is 2.26. The number of rotatable bonds is 5. The lowest BCUT2D eigenvalue weighted by atomic mass is 10.0. The third-order valence-electron chi connectivity index (χ3n) is 5.31. The molecule has 1 aromatic heterocycles. The first-order valence-electron chi connectivity index (χ1n) is 9.73. The van der Waals surface area contributed by atoms with E-state index in [2.05, 4.69) is 16.5 Å². The van der Waals surface area contributed by atoms with Gasteiger partial charge in [-0.15, -0.1) is 0 Å². The largest absolute Gasteiger partial charge is 0.488 e. The first kappa shape index (κ1) is 18.3. The molecule has 3 aromatic rings. The summed E-state index contributed by atoms with van der Waals surface area (Å²) in [6.45, 7) is 4.49. The van der Waals surface area contributed by atoms with Crippen molar-refractivity contribution in [1.29, 1.82) is 0 Å². The molecule has 1 aliphatic rings. The fourth-order valence-corrected chi connectivity index (χ4v) is 3.73. The summed E-state index contributed by atoms with van der Waals surface area (Å²) in [6.07, 6.45) is 2.25. The van der Waals surface area contributed by atoms with Crippen LogP contribution in [-0.2, 0) is 17.6 Å². The zero-order chi connectivity index (χ0) is 19.5. The number of aromatic nitrogens is 2. The third-order valence-corrected chi connectivity index (χ3v) is 5.31. The Morgan fingerprint density at radius 3 is 2.71 bits per heavy atom. The molecule has 2 aromatic carbocycles. The monoisotopic (exact) mass is 375 g/mol. The average molecular weight is 375 g/mol. The van der Waals surface area contributed by atoms with Gasteiger partial charge in [0.1, 0.15) is 11.9 Å². The molecule has 1 aliphatic heterocycles. The zero-order valence-electron chi connectivity index (χ0n) is 16.3. The van der Waals surface area contributed by atoms with E-state index >= 15 is 0 Å². The Kier molecular flexibility index (Phi) is 5.15. The molecule has 5 nitrogen and oxygen atoms in total. The van der Waals surface area contributed by atoms with Crippen LogP contribution in [0.1, 0.15) is 28.9 Å². The van der Waals surface area contributed by atoms with Gasteiger partial charge in [0.2, 0.25) is 5.91 Å². The molecule has 5 heteroatoms. The van der Waals surface area contributed by atoms with Gasteiger partial charge in [0.05, 0.1) is 24.3 Å². The van der Waals surface area contributed by atoms with Gasteiger partial charge in [0.25, 0.3) is 0 Å². The molecule has 0 bridgehead atoms. The van der Waals surface area contributed by atoms with Crippen molar-refractivity contribution in [3.05, 3.63) is 77.1 Å². The van der Waals surface area contributed by atoms with E-state index in [4.69, 9.17) is 4.74 Å². The average Bonchev–Trinajstić information content (AvgIpc) is 3.01. The topological polar surface area (TPSA) is 56.2 Å². The van der Waals surface area contributed by atoms with E-state index in [1.165, 1.54) is 5.56 Å². The molecule has 0 saturated carbocycles. The number of nitrogens with zero attached hydrogens (tertiary/aromatic N) is 2. The smallest absolute Gasteiger partial charge is 0.224 e. The fourth-order valence-electron chi connectivity index (χ4n) is 3.73. The molecule has 0 saturated heterocycles. The Balaban J connectivity index is 1.38. The van der Waals surface area contributed by atoms with Crippen LogP contribution in [0.2, 0.25) is 0 Å². The summed E-state index contributed by atoms with van der Waals surface area (Å²) in [5.74, 6) is 0.935. The number of benzene rings is 2. The van der Waals surface area contributed by atoms with E-state index in [9.17, 15) is 4.79 Å². The van der Waals surface area contributed by atoms with Gasteiger partial charge in [-0.25, -0.2) is 4.68 Å². The molecule has 0 aliphatic carbocycles. The van der Waals surface area contributed by atoms with Crippen molar-refractivity contribution >= 4 is 5.91 Å². The number of fused-ring (bicyclic) bond motifs is 1. The number of carbonyl (C=O) groups is 1. The van der Waals surface area contributed by atoms with Crippen molar-refractivity contribution in [2.75, 3.05) is 6.54 Å². The summed E-state index contributed by atoms with van der Waals surface area (Å²) in [7, 11) is 0. The van der Waals surface area contributed by atoms with Crippen LogP contribution in [0.3, 0.4) is 0 Å². The highest BCUT2D eigenvalue weighted by atomic mass is 16.5. The lowest BCUT2D eigenvalue weighted by molar-refractivity contribution is -0.120. The van der Waals surface area contributed by atoms with E-state index in [1.807, 2.05) is 67.1 Å². The predicted octanol–water partition coefficient (Wildman–Crippen LogP) is 3.54. The summed E-state index contributed by atoms with van der Waals surface area (Å²) < 4.78 is 7.91. The Labute approximate surface area is 165 Å². The Morgan fingerprint density at radius 1 is 1.14 bits per heavy atom. The number of nitrogens with one attached hydrogen (secondary N) is 1. The summed E-state index contributed by atoms with van der Waals surface area (Å²) in [6, 6.07) is 18.1. The van der Waals surface area contributed by atoms with Crippen molar-refractivity contribution in [2.45, 2.75) is 39.2 Å². The Hall–Kier alpha value is -3.08. The first-order valence-corrected chi connectivity index (χ1v) is 9.73. The summed E-state index contributed by atoms with van der Waals surface area (Å²) in [4.78, 5) is 12.5. The number of ether oxygens (including phenoxy) is 1. The minimum atomic E-state index is 0.00118. The van der Waals surface area contributed by atoms with Gasteiger partial charge in [-0.1, -0.05) is 36.4 Å². The third kappa shape index (κ3) is 3.79. The minimum Gasteiger partial charge on any atom is -0.488 e. The molecule has 0 fully saturated rings. The van der Waals surface area contributed by atoms with Crippen LogP contribution in [0.25, 0.3) is 5.69 Å². The molecule has 1 unspecified atom stereocenters. The quantitative estimate of drug-likeness (QED) is 0.742. The van der Waals surface area contributed by atoms with Crippen molar-refractivity contribution in [3.63, 3.8) is 0 Å². The maximum absolute atomic E-state index is 12.5. The summed E-state index contributed by atoms with van der Waals surface area (Å²) >= 11 is 0. The van der Waals surface area contributed by atoms with Crippen LogP contribution >= 0.6 is 0 Å². The molecule has 1 atom stereocenters. The maximum atomic E-state index is 12.5. The first-order chi connectivity index (χ1) is 13.6. The Bertz CT molecular complexity index is 979. The SMILES string of the molecule is Cc1nn(-c2ccccc2)c(C)c1CC(=O)NCC1CCc2ccccc2O1. The van der Waals surface area contributed by atoms with Crippen LogP contribution < -0.4 is 10.1 Å². The van der Waals surface area contributed by atoms with Gasteiger partial charge in [0.15, 0.2) is 0 Å². The van der Waals surface area contributed by atoms with Gasteiger partial charge >= 0.3 is 0 Å². The highest BCUT2D eigenvalue weighted by Gasteiger charge is 2.21. The van der Waals surface area contributed by atoms with Crippen LogP contribution in [-0.4, -0.2) is 28.3 Å². The fraction of sp³-hybridized carbons (Fsp3) is 0.304. The normalized spacial score (nSPS) is 15.6. The summed E-state index contributed by atoms with van der Waals surface area (Å²) in [5, 5.41) is 7.65. The predicted molar refractivity (Wildman–Crippen MR) is 109 cm³/mol. The Morgan fingerprint density at radius 2 is 1.89 bits per heavy atom. The second-order valence-electron chi connectivity index (χ2n) is 7.26. The van der Waals surface area contributed by atoms with E-state index in [0.717, 1.165) is 41.2 Å². The van der Waals surface area contributed by atoms with Gasteiger partial charge in [-0.3, -0.25) is 4.79 Å². The van der Waals surface area contributed by atoms with Crippen LogP contribution in [0.15, 0.2) is 54.6 Å². The molecule has 1 N–H and O–H groups in total. The second kappa shape index (κ2) is 7.89. The number of hydrogen-bond donors (Lipinski definition) is 1. The van der Waals surface area contributed by atoms with Gasteiger partial charge in [0, 0.05) is 11.3 Å². The lowest BCUT2D eigenvalue weighted by Gasteiger charge is -2.26. The van der Waals surface area contributed by atoms with E-state index in [1.54, 1.807) is 0 Å². The molecule has 144 valence electrons.